The maximum absolute atomic E-state index is 5.35. The van der Waals surface area contributed by atoms with Gasteiger partial charge in [-0.2, -0.15) is 4.98 Å². The van der Waals surface area contributed by atoms with Crippen molar-refractivity contribution in [1.29, 1.82) is 0 Å². The monoisotopic (exact) mass is 260 g/mol. The van der Waals surface area contributed by atoms with Crippen molar-refractivity contribution >= 4 is 0 Å². The lowest BCUT2D eigenvalue weighted by Gasteiger charge is -2.01. The normalized spacial score (nSPS) is 18.9. The number of ether oxygens (including phenoxy) is 1. The third kappa shape index (κ3) is 2.49. The highest BCUT2D eigenvalue weighted by molar-refractivity contribution is 5.54. The van der Waals surface area contributed by atoms with Gasteiger partial charge in [0.25, 0.3) is 5.89 Å². The zero-order chi connectivity index (χ0) is 13.1. The Morgan fingerprint density at radius 1 is 1.42 bits per heavy atom. The Morgan fingerprint density at radius 3 is 3.16 bits per heavy atom. The van der Waals surface area contributed by atoms with Crippen molar-refractivity contribution in [3.8, 4) is 11.5 Å². The second kappa shape index (κ2) is 5.44. The van der Waals surface area contributed by atoms with Crippen molar-refractivity contribution in [1.82, 2.24) is 20.1 Å². The standard InChI is InChI=1S/C13H16N4O2/c1-2-3-11-10(6-14-8-15-11)13-16-12(17-19-13)9-4-5-18-7-9/h6,8-9H,2-5,7H2,1H3/t9-/m0/s1. The Kier molecular flexibility index (Phi) is 3.50. The topological polar surface area (TPSA) is 73.9 Å². The molecule has 0 saturated carbocycles. The molecule has 2 aromatic rings. The number of aryl methyl sites for hydroxylation is 1. The Hall–Kier alpha value is -1.82. The minimum Gasteiger partial charge on any atom is -0.381 e. The average molecular weight is 260 g/mol. The quantitative estimate of drug-likeness (QED) is 0.836. The Balaban J connectivity index is 1.89. The number of hydrogen-bond donors (Lipinski definition) is 0. The first-order valence-electron chi connectivity index (χ1n) is 6.59. The molecule has 0 N–H and O–H groups in total. The molecule has 1 atom stereocenters. The molecule has 2 aromatic heterocycles. The van der Waals surface area contributed by atoms with Crippen molar-refractivity contribution in [2.45, 2.75) is 32.1 Å². The fourth-order valence-corrected chi connectivity index (χ4v) is 2.22. The molecule has 1 aliphatic heterocycles. The first-order valence-corrected chi connectivity index (χ1v) is 6.59. The summed E-state index contributed by atoms with van der Waals surface area (Å²) in [5, 5.41) is 4.05. The van der Waals surface area contributed by atoms with E-state index in [1.54, 1.807) is 12.5 Å². The molecule has 6 nitrogen and oxygen atoms in total. The molecule has 0 amide bonds. The summed E-state index contributed by atoms with van der Waals surface area (Å²) < 4.78 is 10.7. The van der Waals surface area contributed by atoms with Gasteiger partial charge in [-0.15, -0.1) is 0 Å². The third-order valence-electron chi connectivity index (χ3n) is 3.25. The molecule has 3 heterocycles. The molecular weight excluding hydrogens is 244 g/mol. The van der Waals surface area contributed by atoms with Gasteiger partial charge in [-0.25, -0.2) is 9.97 Å². The van der Waals surface area contributed by atoms with Crippen molar-refractivity contribution < 1.29 is 9.26 Å². The molecule has 1 saturated heterocycles. The summed E-state index contributed by atoms with van der Waals surface area (Å²) in [5.41, 5.74) is 1.79. The SMILES string of the molecule is CCCc1ncncc1-c1nc([C@H]2CCOC2)no1. The number of nitrogens with zero attached hydrogens (tertiary/aromatic N) is 4. The van der Waals surface area contributed by atoms with Gasteiger partial charge in [-0.3, -0.25) is 0 Å². The average Bonchev–Trinajstić information content (AvgIpc) is 3.11. The maximum Gasteiger partial charge on any atom is 0.261 e. The van der Waals surface area contributed by atoms with E-state index in [-0.39, 0.29) is 5.92 Å². The summed E-state index contributed by atoms with van der Waals surface area (Å²) in [6.45, 7) is 3.55. The van der Waals surface area contributed by atoms with Crippen LogP contribution >= 0.6 is 0 Å². The zero-order valence-corrected chi connectivity index (χ0v) is 10.9. The van der Waals surface area contributed by atoms with Crippen molar-refractivity contribution in [3.05, 3.63) is 24.0 Å². The van der Waals surface area contributed by atoms with Gasteiger partial charge in [-0.1, -0.05) is 18.5 Å². The molecule has 1 aliphatic rings. The van der Waals surface area contributed by atoms with Crippen LogP contribution in [-0.4, -0.2) is 33.3 Å². The molecule has 0 aromatic carbocycles. The lowest BCUT2D eigenvalue weighted by Crippen LogP contribution is -2.00. The number of rotatable bonds is 4. The van der Waals surface area contributed by atoms with Gasteiger partial charge in [0.05, 0.1) is 17.9 Å². The van der Waals surface area contributed by atoms with Crippen LogP contribution in [0.2, 0.25) is 0 Å². The van der Waals surface area contributed by atoms with E-state index in [0.717, 1.165) is 43.0 Å². The van der Waals surface area contributed by atoms with Crippen molar-refractivity contribution in [2.24, 2.45) is 0 Å². The van der Waals surface area contributed by atoms with Gasteiger partial charge in [0, 0.05) is 18.7 Å². The van der Waals surface area contributed by atoms with E-state index in [4.69, 9.17) is 9.26 Å². The molecule has 3 rings (SSSR count). The second-order valence-corrected chi connectivity index (χ2v) is 4.65. The summed E-state index contributed by atoms with van der Waals surface area (Å²) in [5.74, 6) is 1.47. The van der Waals surface area contributed by atoms with Crippen LogP contribution in [0.25, 0.3) is 11.5 Å². The highest BCUT2D eigenvalue weighted by Gasteiger charge is 2.24. The molecule has 1 fully saturated rings. The van der Waals surface area contributed by atoms with Crippen molar-refractivity contribution in [3.63, 3.8) is 0 Å². The number of hydrogen-bond acceptors (Lipinski definition) is 6. The highest BCUT2D eigenvalue weighted by Crippen LogP contribution is 2.26. The Bertz CT molecular complexity index is 549. The van der Waals surface area contributed by atoms with Crippen LogP contribution in [0, 0.1) is 0 Å². The van der Waals surface area contributed by atoms with E-state index in [1.807, 2.05) is 0 Å². The van der Waals surface area contributed by atoms with E-state index in [1.165, 1.54) is 0 Å². The van der Waals surface area contributed by atoms with Crippen LogP contribution in [0.4, 0.5) is 0 Å². The first kappa shape index (κ1) is 12.2. The van der Waals surface area contributed by atoms with Crippen molar-refractivity contribution in [2.75, 3.05) is 13.2 Å². The molecule has 19 heavy (non-hydrogen) atoms. The van der Waals surface area contributed by atoms with Gasteiger partial charge in [0.1, 0.15) is 6.33 Å². The zero-order valence-electron chi connectivity index (χ0n) is 10.9. The third-order valence-corrected chi connectivity index (χ3v) is 3.25. The van der Waals surface area contributed by atoms with Crippen LogP contribution in [0.3, 0.4) is 0 Å². The molecule has 0 unspecified atom stereocenters. The van der Waals surface area contributed by atoms with Gasteiger partial charge in [0.15, 0.2) is 5.82 Å². The summed E-state index contributed by atoms with van der Waals surface area (Å²) in [4.78, 5) is 12.8. The maximum atomic E-state index is 5.35. The molecule has 0 aliphatic carbocycles. The van der Waals surface area contributed by atoms with E-state index >= 15 is 0 Å². The van der Waals surface area contributed by atoms with Gasteiger partial charge < -0.3 is 9.26 Å². The minimum absolute atomic E-state index is 0.247. The van der Waals surface area contributed by atoms with Gasteiger partial charge in [-0.05, 0) is 12.8 Å². The van der Waals surface area contributed by atoms with E-state index in [9.17, 15) is 0 Å². The van der Waals surface area contributed by atoms with E-state index in [2.05, 4.69) is 27.0 Å². The molecule has 6 heteroatoms. The molecule has 0 radical (unpaired) electrons. The summed E-state index contributed by atoms with van der Waals surface area (Å²) in [6, 6.07) is 0. The smallest absolute Gasteiger partial charge is 0.261 e. The minimum atomic E-state index is 0.247. The lowest BCUT2D eigenvalue weighted by atomic mass is 10.1. The molecule has 0 spiro atoms. The molecule has 0 bridgehead atoms. The predicted molar refractivity (Wildman–Crippen MR) is 67.5 cm³/mol. The predicted octanol–water partition coefficient (Wildman–Crippen LogP) is 1.98. The van der Waals surface area contributed by atoms with Gasteiger partial charge >= 0.3 is 0 Å². The second-order valence-electron chi connectivity index (χ2n) is 4.65. The Labute approximate surface area is 111 Å². The largest absolute Gasteiger partial charge is 0.381 e. The summed E-state index contributed by atoms with van der Waals surface area (Å²) in [6.07, 6.45) is 6.13. The fraction of sp³-hybridized carbons (Fsp3) is 0.538. The fourth-order valence-electron chi connectivity index (χ4n) is 2.22. The molecule has 100 valence electrons. The van der Waals surface area contributed by atoms with E-state index in [0.29, 0.717) is 12.5 Å². The highest BCUT2D eigenvalue weighted by atomic mass is 16.5. The van der Waals surface area contributed by atoms with Gasteiger partial charge in [0.2, 0.25) is 0 Å². The number of aromatic nitrogens is 4. The summed E-state index contributed by atoms with van der Waals surface area (Å²) >= 11 is 0. The van der Waals surface area contributed by atoms with E-state index < -0.39 is 0 Å². The van der Waals surface area contributed by atoms with Crippen LogP contribution in [-0.2, 0) is 11.2 Å². The van der Waals surface area contributed by atoms with Crippen LogP contribution < -0.4 is 0 Å². The van der Waals surface area contributed by atoms with Crippen LogP contribution in [0.5, 0.6) is 0 Å². The molecular formula is C13H16N4O2. The van der Waals surface area contributed by atoms with Crippen LogP contribution in [0.15, 0.2) is 17.0 Å². The first-order chi connectivity index (χ1) is 9.38. The Morgan fingerprint density at radius 2 is 2.37 bits per heavy atom. The lowest BCUT2D eigenvalue weighted by molar-refractivity contribution is 0.192. The summed E-state index contributed by atoms with van der Waals surface area (Å²) in [7, 11) is 0. The van der Waals surface area contributed by atoms with Crippen LogP contribution in [0.1, 0.15) is 37.2 Å².